The van der Waals surface area contributed by atoms with E-state index in [4.69, 9.17) is 4.42 Å². The second-order valence-corrected chi connectivity index (χ2v) is 6.89. The first-order chi connectivity index (χ1) is 10.8. The Morgan fingerprint density at radius 2 is 2.23 bits per heavy atom. The smallest absolute Gasteiger partial charge is 0.323 e. The second-order valence-electron chi connectivity index (χ2n) is 5.91. The minimum absolute atomic E-state index is 0.0449. The van der Waals surface area contributed by atoms with Crippen LogP contribution in [0.2, 0.25) is 0 Å². The van der Waals surface area contributed by atoms with E-state index in [-0.39, 0.29) is 6.03 Å². The topological polar surface area (TPSA) is 71.3 Å². The van der Waals surface area contributed by atoms with Crippen LogP contribution in [-0.2, 0) is 0 Å². The first-order valence-corrected chi connectivity index (χ1v) is 8.58. The maximum absolute atomic E-state index is 12.5. The van der Waals surface area contributed by atoms with Gasteiger partial charge in [0.2, 0.25) is 5.13 Å². The second kappa shape index (κ2) is 5.72. The third kappa shape index (κ3) is 2.49. The zero-order chi connectivity index (χ0) is 14.9. The molecule has 6 nitrogen and oxygen atoms in total. The van der Waals surface area contributed by atoms with Gasteiger partial charge in [-0.2, -0.15) is 0 Å². The Hall–Kier alpha value is -1.89. The molecule has 3 heterocycles. The van der Waals surface area contributed by atoms with E-state index >= 15 is 0 Å². The largest absolute Gasteiger partial charge is 0.462 e. The number of rotatable bonds is 3. The molecule has 2 aromatic heterocycles. The molecule has 7 heteroatoms. The maximum atomic E-state index is 12.5. The average molecular weight is 318 g/mol. The van der Waals surface area contributed by atoms with Crippen LogP contribution in [-0.4, -0.2) is 33.7 Å². The Balaban J connectivity index is 1.43. The molecule has 1 saturated carbocycles. The van der Waals surface area contributed by atoms with Crippen molar-refractivity contribution in [3.63, 3.8) is 0 Å². The SMILES string of the molecule is O=C(Nc1nnc(-c2ccco2)s1)N1CCCC1C1CCC1. The molecule has 1 aliphatic heterocycles. The zero-order valence-corrected chi connectivity index (χ0v) is 13.0. The van der Waals surface area contributed by atoms with E-state index in [2.05, 4.69) is 15.5 Å². The number of furan rings is 1. The normalized spacial score (nSPS) is 21.8. The lowest BCUT2D eigenvalue weighted by Gasteiger charge is -2.36. The number of likely N-dealkylation sites (tertiary alicyclic amines) is 1. The molecule has 0 aromatic carbocycles. The summed E-state index contributed by atoms with van der Waals surface area (Å²) in [5.41, 5.74) is 0. The molecule has 0 spiro atoms. The number of anilines is 1. The molecule has 2 amide bonds. The number of amides is 2. The summed E-state index contributed by atoms with van der Waals surface area (Å²) in [5, 5.41) is 12.2. The molecule has 4 rings (SSSR count). The Morgan fingerprint density at radius 1 is 1.32 bits per heavy atom. The molecule has 1 saturated heterocycles. The first kappa shape index (κ1) is 13.8. The quantitative estimate of drug-likeness (QED) is 0.938. The number of urea groups is 1. The van der Waals surface area contributed by atoms with Gasteiger partial charge in [0, 0.05) is 12.6 Å². The van der Waals surface area contributed by atoms with Gasteiger partial charge in [0.15, 0.2) is 10.8 Å². The van der Waals surface area contributed by atoms with Gasteiger partial charge in [-0.3, -0.25) is 5.32 Å². The Bertz CT molecular complexity index is 650. The fourth-order valence-corrected chi connectivity index (χ4v) is 4.00. The van der Waals surface area contributed by atoms with Gasteiger partial charge in [-0.1, -0.05) is 17.8 Å². The van der Waals surface area contributed by atoms with E-state index in [1.807, 2.05) is 17.0 Å². The molecule has 1 unspecified atom stereocenters. The summed E-state index contributed by atoms with van der Waals surface area (Å²) >= 11 is 1.33. The molecule has 2 aromatic rings. The fourth-order valence-electron chi connectivity index (χ4n) is 3.30. The standard InChI is InChI=1S/C15H18N4O2S/c20-15(19-8-2-6-11(19)10-4-1-5-10)16-14-18-17-13(22-14)12-7-3-9-21-12/h3,7,9-11H,1-2,4-6,8H2,(H,16,18,20). The van der Waals surface area contributed by atoms with Gasteiger partial charge in [0.1, 0.15) is 0 Å². The Labute approximate surface area is 132 Å². The van der Waals surface area contributed by atoms with Crippen molar-refractivity contribution in [2.24, 2.45) is 5.92 Å². The molecule has 116 valence electrons. The van der Waals surface area contributed by atoms with E-state index in [0.717, 1.165) is 19.4 Å². The molecule has 22 heavy (non-hydrogen) atoms. The molecular formula is C15H18N4O2S. The molecule has 1 N–H and O–H groups in total. The monoisotopic (exact) mass is 318 g/mol. The molecule has 0 radical (unpaired) electrons. The Morgan fingerprint density at radius 3 is 2.95 bits per heavy atom. The van der Waals surface area contributed by atoms with Crippen LogP contribution in [0.5, 0.6) is 0 Å². The van der Waals surface area contributed by atoms with Crippen molar-refractivity contribution in [1.82, 2.24) is 15.1 Å². The molecular weight excluding hydrogens is 300 g/mol. The minimum Gasteiger partial charge on any atom is -0.462 e. The number of carbonyl (C=O) groups excluding carboxylic acids is 1. The van der Waals surface area contributed by atoms with Crippen LogP contribution in [0.15, 0.2) is 22.8 Å². The number of nitrogens with one attached hydrogen (secondary N) is 1. The van der Waals surface area contributed by atoms with E-state index < -0.39 is 0 Å². The first-order valence-electron chi connectivity index (χ1n) is 7.76. The lowest BCUT2D eigenvalue weighted by atomic mass is 9.79. The summed E-state index contributed by atoms with van der Waals surface area (Å²) in [4.78, 5) is 14.5. The summed E-state index contributed by atoms with van der Waals surface area (Å²) in [5.74, 6) is 1.37. The van der Waals surface area contributed by atoms with Crippen molar-refractivity contribution < 1.29 is 9.21 Å². The van der Waals surface area contributed by atoms with Crippen molar-refractivity contribution >= 4 is 22.5 Å². The molecule has 2 aliphatic rings. The predicted octanol–water partition coefficient (Wildman–Crippen LogP) is 3.59. The van der Waals surface area contributed by atoms with Crippen LogP contribution in [0.1, 0.15) is 32.1 Å². The summed E-state index contributed by atoms with van der Waals surface area (Å²) in [6, 6.07) is 4.00. The summed E-state index contributed by atoms with van der Waals surface area (Å²) < 4.78 is 5.29. The third-order valence-electron chi connectivity index (χ3n) is 4.62. The van der Waals surface area contributed by atoms with Gasteiger partial charge < -0.3 is 9.32 Å². The van der Waals surface area contributed by atoms with E-state index in [1.165, 1.54) is 30.6 Å². The van der Waals surface area contributed by atoms with E-state index in [0.29, 0.717) is 27.9 Å². The highest BCUT2D eigenvalue weighted by molar-refractivity contribution is 7.18. The van der Waals surface area contributed by atoms with Gasteiger partial charge in [-0.05, 0) is 43.7 Å². The fraction of sp³-hybridized carbons (Fsp3) is 0.533. The van der Waals surface area contributed by atoms with Crippen molar-refractivity contribution in [2.45, 2.75) is 38.1 Å². The van der Waals surface area contributed by atoms with Crippen molar-refractivity contribution in [3.05, 3.63) is 18.4 Å². The van der Waals surface area contributed by atoms with E-state index in [9.17, 15) is 4.79 Å². The van der Waals surface area contributed by atoms with Crippen LogP contribution in [0, 0.1) is 5.92 Å². The van der Waals surface area contributed by atoms with Gasteiger partial charge in [0.25, 0.3) is 0 Å². The predicted molar refractivity (Wildman–Crippen MR) is 83.7 cm³/mol. The number of aromatic nitrogens is 2. The van der Waals surface area contributed by atoms with Gasteiger partial charge in [-0.15, -0.1) is 10.2 Å². The van der Waals surface area contributed by atoms with Gasteiger partial charge in [0.05, 0.1) is 6.26 Å². The summed E-state index contributed by atoms with van der Waals surface area (Å²) in [6.07, 6.45) is 7.65. The number of carbonyl (C=O) groups is 1. The summed E-state index contributed by atoms with van der Waals surface area (Å²) in [6.45, 7) is 0.844. The average Bonchev–Trinajstić information content (AvgIpc) is 3.17. The van der Waals surface area contributed by atoms with Crippen LogP contribution in [0.3, 0.4) is 0 Å². The lowest BCUT2D eigenvalue weighted by Crippen LogP contribution is -2.44. The number of nitrogens with zero attached hydrogens (tertiary/aromatic N) is 3. The minimum atomic E-state index is -0.0449. The van der Waals surface area contributed by atoms with Gasteiger partial charge >= 0.3 is 6.03 Å². The maximum Gasteiger partial charge on any atom is 0.323 e. The lowest BCUT2D eigenvalue weighted by molar-refractivity contribution is 0.148. The van der Waals surface area contributed by atoms with Crippen molar-refractivity contribution in [3.8, 4) is 10.8 Å². The van der Waals surface area contributed by atoms with Crippen LogP contribution in [0.4, 0.5) is 9.93 Å². The van der Waals surface area contributed by atoms with Gasteiger partial charge in [-0.25, -0.2) is 4.79 Å². The molecule has 1 aliphatic carbocycles. The third-order valence-corrected chi connectivity index (χ3v) is 5.48. The zero-order valence-electron chi connectivity index (χ0n) is 12.2. The highest BCUT2D eigenvalue weighted by Gasteiger charge is 2.37. The van der Waals surface area contributed by atoms with Crippen molar-refractivity contribution in [2.75, 3.05) is 11.9 Å². The highest BCUT2D eigenvalue weighted by Crippen LogP contribution is 2.37. The van der Waals surface area contributed by atoms with Crippen LogP contribution < -0.4 is 5.32 Å². The molecule has 1 atom stereocenters. The van der Waals surface area contributed by atoms with Crippen LogP contribution >= 0.6 is 11.3 Å². The van der Waals surface area contributed by atoms with E-state index in [1.54, 1.807) is 6.26 Å². The van der Waals surface area contributed by atoms with Crippen LogP contribution in [0.25, 0.3) is 10.8 Å². The highest BCUT2D eigenvalue weighted by atomic mass is 32.1. The number of hydrogen-bond donors (Lipinski definition) is 1. The summed E-state index contributed by atoms with van der Waals surface area (Å²) in [7, 11) is 0. The van der Waals surface area contributed by atoms with Crippen molar-refractivity contribution in [1.29, 1.82) is 0 Å². The Kier molecular flexibility index (Phi) is 3.57. The molecule has 2 fully saturated rings. The molecule has 0 bridgehead atoms. The number of hydrogen-bond acceptors (Lipinski definition) is 5.